The summed E-state index contributed by atoms with van der Waals surface area (Å²) >= 11 is 0. The predicted molar refractivity (Wildman–Crippen MR) is 82.2 cm³/mol. The van der Waals surface area contributed by atoms with Gasteiger partial charge in [-0.3, -0.25) is 4.79 Å². The normalized spacial score (nSPS) is 21.6. The number of rotatable bonds is 4. The van der Waals surface area contributed by atoms with E-state index in [9.17, 15) is 4.79 Å². The van der Waals surface area contributed by atoms with E-state index in [1.807, 2.05) is 0 Å². The van der Waals surface area contributed by atoms with Crippen LogP contribution in [0.4, 0.5) is 0 Å². The molecule has 4 nitrogen and oxygen atoms in total. The van der Waals surface area contributed by atoms with Crippen molar-refractivity contribution in [1.29, 1.82) is 0 Å². The van der Waals surface area contributed by atoms with Gasteiger partial charge in [0.05, 0.1) is 13.2 Å². The Morgan fingerprint density at radius 3 is 2.95 bits per heavy atom. The van der Waals surface area contributed by atoms with Gasteiger partial charge in [-0.2, -0.15) is 0 Å². The number of carbonyl (C=O) groups excluding carboxylic acids is 1. The van der Waals surface area contributed by atoms with Crippen LogP contribution in [0.1, 0.15) is 36.0 Å². The molecule has 1 aliphatic carbocycles. The highest BCUT2D eigenvalue weighted by Gasteiger charge is 2.16. The fourth-order valence-corrected chi connectivity index (χ4v) is 3.14. The van der Waals surface area contributed by atoms with E-state index in [1.54, 1.807) is 0 Å². The maximum Gasteiger partial charge on any atom is 0.221 e. The zero-order valence-corrected chi connectivity index (χ0v) is 12.5. The van der Waals surface area contributed by atoms with E-state index in [0.717, 1.165) is 13.2 Å². The first-order chi connectivity index (χ1) is 10.3. The maximum atomic E-state index is 12.0. The Morgan fingerprint density at radius 2 is 2.14 bits per heavy atom. The molecule has 1 aliphatic heterocycles. The van der Waals surface area contributed by atoms with Gasteiger partial charge in [0, 0.05) is 25.6 Å². The summed E-state index contributed by atoms with van der Waals surface area (Å²) in [5.74, 6) is 0.0933. The minimum Gasteiger partial charge on any atom is -0.378 e. The maximum absolute atomic E-state index is 12.0. The van der Waals surface area contributed by atoms with Gasteiger partial charge in [-0.1, -0.05) is 18.2 Å². The Morgan fingerprint density at radius 1 is 1.29 bits per heavy atom. The van der Waals surface area contributed by atoms with E-state index >= 15 is 0 Å². The summed E-state index contributed by atoms with van der Waals surface area (Å²) in [5.41, 5.74) is 4.16. The number of hydrogen-bond acceptors (Lipinski definition) is 3. The smallest absolute Gasteiger partial charge is 0.221 e. The quantitative estimate of drug-likeness (QED) is 0.884. The molecule has 21 heavy (non-hydrogen) atoms. The van der Waals surface area contributed by atoms with Crippen LogP contribution in [0, 0.1) is 0 Å². The topological polar surface area (TPSA) is 50.4 Å². The zero-order chi connectivity index (χ0) is 14.5. The second-order valence-electron chi connectivity index (χ2n) is 6.02. The molecule has 0 bridgehead atoms. The standard InChI is InChI=1S/C17H24N2O2/c20-17(10-16-12-21-8-7-18-16)19-11-13-5-6-14-3-1-2-4-15(14)9-13/h5-6,9,16,18H,1-4,7-8,10-12H2,(H,19,20)/t16-/m0/s1. The number of nitrogens with one attached hydrogen (secondary N) is 2. The number of benzene rings is 1. The molecule has 1 aromatic carbocycles. The van der Waals surface area contributed by atoms with E-state index in [0.29, 0.717) is 19.6 Å². The molecule has 0 saturated carbocycles. The summed E-state index contributed by atoms with van der Waals surface area (Å²) in [7, 11) is 0. The minimum absolute atomic E-state index is 0.0933. The van der Waals surface area contributed by atoms with Crippen LogP contribution in [0.5, 0.6) is 0 Å². The molecule has 1 amide bonds. The molecule has 1 saturated heterocycles. The summed E-state index contributed by atoms with van der Waals surface area (Å²) in [4.78, 5) is 12.0. The molecule has 0 aromatic heterocycles. The van der Waals surface area contributed by atoms with Crippen LogP contribution in [0.25, 0.3) is 0 Å². The fourth-order valence-electron chi connectivity index (χ4n) is 3.14. The van der Waals surface area contributed by atoms with Gasteiger partial charge in [-0.05, 0) is 42.4 Å². The van der Waals surface area contributed by atoms with E-state index < -0.39 is 0 Å². The van der Waals surface area contributed by atoms with Crippen LogP contribution in [0.2, 0.25) is 0 Å². The van der Waals surface area contributed by atoms with Gasteiger partial charge in [-0.25, -0.2) is 0 Å². The number of ether oxygens (including phenoxy) is 1. The lowest BCUT2D eigenvalue weighted by Gasteiger charge is -2.23. The summed E-state index contributed by atoms with van der Waals surface area (Å²) < 4.78 is 5.37. The van der Waals surface area contributed by atoms with Gasteiger partial charge < -0.3 is 15.4 Å². The average Bonchev–Trinajstić information content (AvgIpc) is 2.54. The highest BCUT2D eigenvalue weighted by molar-refractivity contribution is 5.76. The van der Waals surface area contributed by atoms with Crippen LogP contribution in [-0.4, -0.2) is 31.7 Å². The molecule has 1 aromatic rings. The SMILES string of the molecule is O=C(C[C@H]1COCCN1)NCc1ccc2c(c1)CCCC2. The molecule has 1 heterocycles. The number of carbonyl (C=O) groups is 1. The number of hydrogen-bond donors (Lipinski definition) is 2. The summed E-state index contributed by atoms with van der Waals surface area (Å²) in [5, 5.41) is 6.32. The Labute approximate surface area is 126 Å². The van der Waals surface area contributed by atoms with Crippen LogP contribution >= 0.6 is 0 Å². The lowest BCUT2D eigenvalue weighted by molar-refractivity contribution is -0.122. The largest absolute Gasteiger partial charge is 0.378 e. The molecule has 4 heteroatoms. The third-order valence-electron chi connectivity index (χ3n) is 4.33. The third-order valence-corrected chi connectivity index (χ3v) is 4.33. The first kappa shape index (κ1) is 14.5. The summed E-state index contributed by atoms with van der Waals surface area (Å²) in [6.07, 6.45) is 5.47. The highest BCUT2D eigenvalue weighted by Crippen LogP contribution is 2.22. The van der Waals surface area contributed by atoms with Gasteiger partial charge in [0.2, 0.25) is 5.91 Å². The van der Waals surface area contributed by atoms with E-state index in [2.05, 4.69) is 28.8 Å². The van der Waals surface area contributed by atoms with Crippen molar-refractivity contribution in [2.24, 2.45) is 0 Å². The molecule has 2 aliphatic rings. The van der Waals surface area contributed by atoms with Crippen LogP contribution in [-0.2, 0) is 28.9 Å². The Balaban J connectivity index is 1.49. The molecule has 0 unspecified atom stereocenters. The van der Waals surface area contributed by atoms with Crippen molar-refractivity contribution in [2.45, 2.75) is 44.7 Å². The summed E-state index contributed by atoms with van der Waals surface area (Å²) in [6.45, 7) is 2.84. The Hall–Kier alpha value is -1.39. The highest BCUT2D eigenvalue weighted by atomic mass is 16.5. The second kappa shape index (κ2) is 7.05. The van der Waals surface area contributed by atoms with Crippen molar-refractivity contribution in [3.05, 3.63) is 34.9 Å². The molecule has 1 atom stereocenters. The van der Waals surface area contributed by atoms with Gasteiger partial charge in [0.1, 0.15) is 0 Å². The number of morpholine rings is 1. The molecule has 2 N–H and O–H groups in total. The van der Waals surface area contributed by atoms with E-state index in [4.69, 9.17) is 4.74 Å². The number of amides is 1. The molecule has 0 spiro atoms. The molecular weight excluding hydrogens is 264 g/mol. The fraction of sp³-hybridized carbons (Fsp3) is 0.588. The monoisotopic (exact) mass is 288 g/mol. The van der Waals surface area contributed by atoms with Crippen molar-refractivity contribution in [2.75, 3.05) is 19.8 Å². The number of fused-ring (bicyclic) bond motifs is 1. The van der Waals surface area contributed by atoms with Gasteiger partial charge in [0.15, 0.2) is 0 Å². The van der Waals surface area contributed by atoms with Crippen LogP contribution in [0.15, 0.2) is 18.2 Å². The second-order valence-corrected chi connectivity index (χ2v) is 6.02. The first-order valence-electron chi connectivity index (χ1n) is 8.00. The van der Waals surface area contributed by atoms with Crippen molar-refractivity contribution in [3.63, 3.8) is 0 Å². The van der Waals surface area contributed by atoms with Gasteiger partial charge >= 0.3 is 0 Å². The van der Waals surface area contributed by atoms with Gasteiger partial charge in [0.25, 0.3) is 0 Å². The Bertz CT molecular complexity index is 496. The van der Waals surface area contributed by atoms with E-state index in [1.165, 1.54) is 42.4 Å². The molecule has 0 radical (unpaired) electrons. The molecule has 1 fully saturated rings. The van der Waals surface area contributed by atoms with Crippen LogP contribution in [0.3, 0.4) is 0 Å². The molecule has 3 rings (SSSR count). The lowest BCUT2D eigenvalue weighted by atomic mass is 9.90. The Kier molecular flexibility index (Phi) is 4.88. The van der Waals surface area contributed by atoms with E-state index in [-0.39, 0.29) is 11.9 Å². The number of aryl methyl sites for hydroxylation is 2. The minimum atomic E-state index is 0.0933. The molecular formula is C17H24N2O2. The first-order valence-corrected chi connectivity index (χ1v) is 8.00. The van der Waals surface area contributed by atoms with Crippen molar-refractivity contribution < 1.29 is 9.53 Å². The van der Waals surface area contributed by atoms with Gasteiger partial charge in [-0.15, -0.1) is 0 Å². The predicted octanol–water partition coefficient (Wildman–Crippen LogP) is 1.56. The van der Waals surface area contributed by atoms with Crippen molar-refractivity contribution in [3.8, 4) is 0 Å². The van der Waals surface area contributed by atoms with Crippen LogP contribution < -0.4 is 10.6 Å². The zero-order valence-electron chi connectivity index (χ0n) is 12.5. The lowest BCUT2D eigenvalue weighted by Crippen LogP contribution is -2.44. The third kappa shape index (κ3) is 4.05. The van der Waals surface area contributed by atoms with Crippen molar-refractivity contribution in [1.82, 2.24) is 10.6 Å². The van der Waals surface area contributed by atoms with Crippen molar-refractivity contribution >= 4 is 5.91 Å². The molecule has 114 valence electrons. The summed E-state index contributed by atoms with van der Waals surface area (Å²) in [6, 6.07) is 6.79. The average molecular weight is 288 g/mol.